The van der Waals surface area contributed by atoms with Crippen LogP contribution in [0.15, 0.2) is 46.9 Å². The number of aliphatic imine (C=N–C) groups is 1. The third-order valence-corrected chi connectivity index (χ3v) is 4.79. The molecular formula is C19H20N6O3. The first-order valence-electron chi connectivity index (χ1n) is 8.86. The maximum absolute atomic E-state index is 12.8. The normalized spacial score (nSPS) is 16.6. The summed E-state index contributed by atoms with van der Waals surface area (Å²) in [5.41, 5.74) is 4.21. The van der Waals surface area contributed by atoms with Gasteiger partial charge in [-0.25, -0.2) is 14.7 Å². The van der Waals surface area contributed by atoms with Crippen molar-refractivity contribution in [1.82, 2.24) is 19.7 Å². The Morgan fingerprint density at radius 3 is 2.71 bits per heavy atom. The fourth-order valence-corrected chi connectivity index (χ4v) is 3.32. The maximum Gasteiger partial charge on any atom is 0.332 e. The number of carbonyl (C=O) groups excluding carboxylic acids is 2. The van der Waals surface area contributed by atoms with Crippen molar-refractivity contribution < 1.29 is 14.3 Å². The molecule has 28 heavy (non-hydrogen) atoms. The molecular weight excluding hydrogens is 360 g/mol. The molecule has 1 fully saturated rings. The summed E-state index contributed by atoms with van der Waals surface area (Å²) in [5, 5.41) is 4.29. The smallest absolute Gasteiger partial charge is 0.332 e. The number of aromatic nitrogens is 3. The van der Waals surface area contributed by atoms with E-state index in [9.17, 15) is 9.59 Å². The minimum atomic E-state index is -0.383. The van der Waals surface area contributed by atoms with Crippen LogP contribution in [0.4, 0.5) is 10.5 Å². The Morgan fingerprint density at radius 2 is 2.00 bits per heavy atom. The van der Waals surface area contributed by atoms with Crippen LogP contribution in [0.2, 0.25) is 0 Å². The number of anilines is 1. The zero-order valence-electron chi connectivity index (χ0n) is 15.9. The predicted molar refractivity (Wildman–Crippen MR) is 102 cm³/mol. The predicted octanol–water partition coefficient (Wildman–Crippen LogP) is 2.00. The van der Waals surface area contributed by atoms with Crippen LogP contribution in [0, 0.1) is 0 Å². The molecule has 0 aromatic carbocycles. The first kappa shape index (κ1) is 17.9. The molecule has 9 nitrogen and oxygen atoms in total. The zero-order valence-corrected chi connectivity index (χ0v) is 15.9. The molecule has 0 radical (unpaired) electrons. The van der Waals surface area contributed by atoms with Crippen LogP contribution in [-0.2, 0) is 17.9 Å². The molecule has 0 spiro atoms. The van der Waals surface area contributed by atoms with Crippen LogP contribution in [0.25, 0.3) is 0 Å². The van der Waals surface area contributed by atoms with E-state index in [0.717, 1.165) is 21.9 Å². The highest BCUT2D eigenvalue weighted by molar-refractivity contribution is 6.19. The van der Waals surface area contributed by atoms with Crippen LogP contribution >= 0.6 is 0 Å². The molecule has 0 unspecified atom stereocenters. The van der Waals surface area contributed by atoms with Gasteiger partial charge < -0.3 is 9.64 Å². The number of hydrogen-bond acceptors (Lipinski definition) is 6. The number of hydrogen-bond donors (Lipinski definition) is 0. The number of nitrogens with zero attached hydrogens (tertiary/aromatic N) is 6. The summed E-state index contributed by atoms with van der Waals surface area (Å²) in [5.74, 6) is 0.178. The van der Waals surface area contributed by atoms with Crippen molar-refractivity contribution in [3.63, 3.8) is 0 Å². The number of urea groups is 1. The number of amides is 3. The molecule has 0 bridgehead atoms. The zero-order chi connectivity index (χ0) is 19.8. The Hall–Kier alpha value is -3.49. The van der Waals surface area contributed by atoms with Crippen molar-refractivity contribution in [2.75, 3.05) is 18.6 Å². The minimum Gasteiger partial charge on any atom is -0.481 e. The SMILES string of the molecule is COc1cccc(CN2CC(=O)N(c3cnn(CC4=C(C)N=C4C)c3)C2=O)n1. The lowest BCUT2D eigenvalue weighted by Crippen LogP contribution is -2.32. The van der Waals surface area contributed by atoms with E-state index in [1.54, 1.807) is 29.1 Å². The molecule has 4 rings (SSSR count). The molecule has 3 amide bonds. The fraction of sp³-hybridized carbons (Fsp3) is 0.316. The van der Waals surface area contributed by atoms with E-state index in [2.05, 4.69) is 15.1 Å². The van der Waals surface area contributed by atoms with Gasteiger partial charge >= 0.3 is 6.03 Å². The Balaban J connectivity index is 1.48. The Kier molecular flexibility index (Phi) is 4.42. The summed E-state index contributed by atoms with van der Waals surface area (Å²) < 4.78 is 6.81. The van der Waals surface area contributed by atoms with E-state index < -0.39 is 0 Å². The molecule has 2 aromatic rings. The number of pyridine rings is 1. The van der Waals surface area contributed by atoms with Crippen LogP contribution < -0.4 is 9.64 Å². The molecule has 4 heterocycles. The van der Waals surface area contributed by atoms with Gasteiger partial charge in [0.1, 0.15) is 6.54 Å². The van der Waals surface area contributed by atoms with Crippen LogP contribution in [0.3, 0.4) is 0 Å². The van der Waals surface area contributed by atoms with Gasteiger partial charge in [0, 0.05) is 29.2 Å². The van der Waals surface area contributed by atoms with Gasteiger partial charge in [-0.2, -0.15) is 5.10 Å². The fourth-order valence-electron chi connectivity index (χ4n) is 3.32. The van der Waals surface area contributed by atoms with Crippen molar-refractivity contribution in [3.05, 3.63) is 47.6 Å². The van der Waals surface area contributed by atoms with E-state index in [4.69, 9.17) is 4.74 Å². The van der Waals surface area contributed by atoms with Crippen molar-refractivity contribution >= 4 is 23.3 Å². The maximum atomic E-state index is 12.8. The first-order valence-corrected chi connectivity index (χ1v) is 8.86. The van der Waals surface area contributed by atoms with Crippen molar-refractivity contribution in [2.45, 2.75) is 26.9 Å². The summed E-state index contributed by atoms with van der Waals surface area (Å²) in [6.45, 7) is 4.69. The summed E-state index contributed by atoms with van der Waals surface area (Å²) in [7, 11) is 1.53. The van der Waals surface area contributed by atoms with E-state index in [-0.39, 0.29) is 25.0 Å². The molecule has 1 saturated heterocycles. The molecule has 2 aliphatic rings. The van der Waals surface area contributed by atoms with Gasteiger partial charge in [-0.3, -0.25) is 14.5 Å². The highest BCUT2D eigenvalue weighted by Crippen LogP contribution is 2.24. The molecule has 144 valence electrons. The monoisotopic (exact) mass is 380 g/mol. The lowest BCUT2D eigenvalue weighted by atomic mass is 10.1. The molecule has 2 aliphatic heterocycles. The molecule has 0 saturated carbocycles. The van der Waals surface area contributed by atoms with E-state index in [0.29, 0.717) is 23.8 Å². The number of methoxy groups -OCH3 is 1. The summed E-state index contributed by atoms with van der Waals surface area (Å²) in [6.07, 6.45) is 3.24. The van der Waals surface area contributed by atoms with Gasteiger partial charge in [-0.1, -0.05) is 6.07 Å². The second-order valence-electron chi connectivity index (χ2n) is 6.70. The first-order chi connectivity index (χ1) is 13.5. The van der Waals surface area contributed by atoms with Crippen LogP contribution in [0.5, 0.6) is 5.88 Å². The van der Waals surface area contributed by atoms with Gasteiger partial charge in [0.05, 0.1) is 37.8 Å². The Labute approximate surface area is 161 Å². The Morgan fingerprint density at radius 1 is 1.18 bits per heavy atom. The van der Waals surface area contributed by atoms with Gasteiger partial charge in [0.15, 0.2) is 0 Å². The number of carbonyl (C=O) groups is 2. The quantitative estimate of drug-likeness (QED) is 0.715. The third kappa shape index (κ3) is 3.15. The summed E-state index contributed by atoms with van der Waals surface area (Å²) in [6, 6.07) is 4.94. The Bertz CT molecular complexity index is 1020. The average Bonchev–Trinajstić information content (AvgIpc) is 3.24. The van der Waals surface area contributed by atoms with E-state index >= 15 is 0 Å². The van der Waals surface area contributed by atoms with Crippen molar-refractivity contribution in [1.29, 1.82) is 0 Å². The molecule has 0 aliphatic carbocycles. The van der Waals surface area contributed by atoms with Gasteiger partial charge in [-0.15, -0.1) is 0 Å². The number of allylic oxidation sites excluding steroid dienone is 2. The summed E-state index contributed by atoms with van der Waals surface area (Å²) in [4.78, 5) is 36.4. The van der Waals surface area contributed by atoms with E-state index in [1.165, 1.54) is 18.2 Å². The second-order valence-corrected chi connectivity index (χ2v) is 6.70. The van der Waals surface area contributed by atoms with E-state index in [1.807, 2.05) is 13.8 Å². The van der Waals surface area contributed by atoms with Crippen LogP contribution in [-0.4, -0.2) is 51.0 Å². The topological polar surface area (TPSA) is 92.9 Å². The lowest BCUT2D eigenvalue weighted by molar-refractivity contribution is -0.116. The molecule has 2 aromatic heterocycles. The molecule has 0 N–H and O–H groups in total. The van der Waals surface area contributed by atoms with Crippen LogP contribution in [0.1, 0.15) is 19.5 Å². The standard InChI is InChI=1S/C19H20N6O3/c1-12-16(13(2)21-12)10-24-9-15(7-20-24)25-18(26)11-23(19(25)27)8-14-5-4-6-17(22-14)28-3/h4-7,9H,8,10-11H2,1-3H3. The van der Waals surface area contributed by atoms with Crippen molar-refractivity contribution in [2.24, 2.45) is 4.99 Å². The number of imide groups is 1. The lowest BCUT2D eigenvalue weighted by Gasteiger charge is -2.18. The highest BCUT2D eigenvalue weighted by atomic mass is 16.5. The number of ether oxygens (including phenoxy) is 1. The van der Waals surface area contributed by atoms with Crippen molar-refractivity contribution in [3.8, 4) is 5.88 Å². The third-order valence-electron chi connectivity index (χ3n) is 4.79. The minimum absolute atomic E-state index is 0.00106. The number of rotatable bonds is 6. The average molecular weight is 380 g/mol. The molecule has 0 atom stereocenters. The highest BCUT2D eigenvalue weighted by Gasteiger charge is 2.38. The second kappa shape index (κ2) is 6.91. The van der Waals surface area contributed by atoms with Gasteiger partial charge in [-0.05, 0) is 19.9 Å². The molecule has 9 heteroatoms. The van der Waals surface area contributed by atoms with Gasteiger partial charge in [0.2, 0.25) is 5.88 Å². The largest absolute Gasteiger partial charge is 0.481 e. The van der Waals surface area contributed by atoms with Gasteiger partial charge in [0.25, 0.3) is 5.91 Å². The summed E-state index contributed by atoms with van der Waals surface area (Å²) >= 11 is 0.